The Labute approximate surface area is 101 Å². The highest BCUT2D eigenvalue weighted by molar-refractivity contribution is 7.99. The van der Waals surface area contributed by atoms with Gasteiger partial charge in [-0.3, -0.25) is 0 Å². The molecule has 0 atom stereocenters. The zero-order valence-corrected chi connectivity index (χ0v) is 10.4. The van der Waals surface area contributed by atoms with Crippen LogP contribution in [0.4, 0.5) is 0 Å². The van der Waals surface area contributed by atoms with Crippen LogP contribution in [-0.2, 0) is 0 Å². The van der Waals surface area contributed by atoms with Gasteiger partial charge in [0.2, 0.25) is 0 Å². The fraction of sp³-hybridized carbons (Fsp3) is 0.214. The van der Waals surface area contributed by atoms with Crippen LogP contribution in [0.25, 0.3) is 0 Å². The van der Waals surface area contributed by atoms with E-state index < -0.39 is 0 Å². The van der Waals surface area contributed by atoms with Crippen molar-refractivity contribution in [2.75, 3.05) is 0 Å². The number of benzene rings is 1. The van der Waals surface area contributed by atoms with E-state index in [1.54, 1.807) is 11.8 Å². The van der Waals surface area contributed by atoms with E-state index in [-0.39, 0.29) is 0 Å². The summed E-state index contributed by atoms with van der Waals surface area (Å²) < 4.78 is 0. The molecule has 0 unspecified atom stereocenters. The molecule has 0 fully saturated rings. The van der Waals surface area contributed by atoms with Crippen LogP contribution in [0.5, 0.6) is 0 Å². The summed E-state index contributed by atoms with van der Waals surface area (Å²) in [7, 11) is 0. The SMILES string of the molecule is CC(C)c1cccc(Sc2ccccn2)c1. The summed E-state index contributed by atoms with van der Waals surface area (Å²) in [6, 6.07) is 14.6. The standard InChI is InChI=1S/C14H15NS/c1-11(2)12-6-5-7-13(10-12)16-14-8-3-4-9-15-14/h3-11H,1-2H3. The Hall–Kier alpha value is -1.28. The van der Waals surface area contributed by atoms with E-state index in [1.165, 1.54) is 10.5 Å². The highest BCUT2D eigenvalue weighted by atomic mass is 32.2. The molecule has 0 aliphatic carbocycles. The fourth-order valence-corrected chi connectivity index (χ4v) is 2.31. The van der Waals surface area contributed by atoms with Crippen LogP contribution in [0.3, 0.4) is 0 Å². The minimum atomic E-state index is 0.573. The van der Waals surface area contributed by atoms with Crippen LogP contribution < -0.4 is 0 Å². The Morgan fingerprint density at radius 1 is 1.06 bits per heavy atom. The van der Waals surface area contributed by atoms with Crippen molar-refractivity contribution in [3.63, 3.8) is 0 Å². The monoisotopic (exact) mass is 229 g/mol. The summed E-state index contributed by atoms with van der Waals surface area (Å²) in [4.78, 5) is 5.57. The summed E-state index contributed by atoms with van der Waals surface area (Å²) >= 11 is 1.71. The van der Waals surface area contributed by atoms with Crippen LogP contribution in [0.15, 0.2) is 58.6 Å². The quantitative estimate of drug-likeness (QED) is 0.775. The second-order valence-electron chi connectivity index (χ2n) is 4.00. The van der Waals surface area contributed by atoms with E-state index in [9.17, 15) is 0 Å². The second kappa shape index (κ2) is 5.17. The average Bonchev–Trinajstić information content (AvgIpc) is 2.30. The first-order chi connectivity index (χ1) is 7.75. The van der Waals surface area contributed by atoms with Crippen molar-refractivity contribution in [3.05, 3.63) is 54.2 Å². The van der Waals surface area contributed by atoms with Crippen LogP contribution in [0.1, 0.15) is 25.3 Å². The van der Waals surface area contributed by atoms with Gasteiger partial charge in [-0.2, -0.15) is 0 Å². The minimum Gasteiger partial charge on any atom is -0.250 e. The topological polar surface area (TPSA) is 12.9 Å². The molecule has 0 bridgehead atoms. The molecule has 82 valence electrons. The minimum absolute atomic E-state index is 0.573. The Balaban J connectivity index is 2.19. The maximum Gasteiger partial charge on any atom is 0.101 e. The molecular formula is C14H15NS. The molecule has 0 spiro atoms. The van der Waals surface area contributed by atoms with E-state index >= 15 is 0 Å². The highest BCUT2D eigenvalue weighted by Crippen LogP contribution is 2.27. The van der Waals surface area contributed by atoms with Crippen LogP contribution in [0, 0.1) is 0 Å². The maximum atomic E-state index is 4.31. The Bertz CT molecular complexity index is 451. The molecule has 0 radical (unpaired) electrons. The van der Waals surface area contributed by atoms with E-state index in [0.29, 0.717) is 5.92 Å². The van der Waals surface area contributed by atoms with Crippen LogP contribution in [-0.4, -0.2) is 4.98 Å². The molecule has 1 aromatic carbocycles. The lowest BCUT2D eigenvalue weighted by Crippen LogP contribution is -1.87. The number of hydrogen-bond acceptors (Lipinski definition) is 2. The normalized spacial score (nSPS) is 10.7. The van der Waals surface area contributed by atoms with Gasteiger partial charge in [-0.15, -0.1) is 0 Å². The number of rotatable bonds is 3. The molecule has 0 N–H and O–H groups in total. The Kier molecular flexibility index (Phi) is 3.62. The predicted octanol–water partition coefficient (Wildman–Crippen LogP) is 4.36. The van der Waals surface area contributed by atoms with E-state index in [4.69, 9.17) is 0 Å². The summed E-state index contributed by atoms with van der Waals surface area (Å²) in [6.07, 6.45) is 1.83. The van der Waals surface area contributed by atoms with E-state index in [0.717, 1.165) is 5.03 Å². The zero-order chi connectivity index (χ0) is 11.4. The molecule has 0 aliphatic heterocycles. The van der Waals surface area contributed by atoms with Crippen molar-refractivity contribution >= 4 is 11.8 Å². The molecule has 0 saturated heterocycles. The van der Waals surface area contributed by atoms with Gasteiger partial charge < -0.3 is 0 Å². The van der Waals surface area contributed by atoms with Crippen molar-refractivity contribution in [1.29, 1.82) is 0 Å². The number of nitrogens with zero attached hydrogens (tertiary/aromatic N) is 1. The molecule has 1 nitrogen and oxygen atoms in total. The van der Waals surface area contributed by atoms with Crippen LogP contribution >= 0.6 is 11.8 Å². The lowest BCUT2D eigenvalue weighted by molar-refractivity contribution is 0.862. The smallest absolute Gasteiger partial charge is 0.101 e. The third-order valence-electron chi connectivity index (χ3n) is 2.38. The highest BCUT2D eigenvalue weighted by Gasteiger charge is 2.02. The van der Waals surface area contributed by atoms with Gasteiger partial charge in [0, 0.05) is 11.1 Å². The zero-order valence-electron chi connectivity index (χ0n) is 9.55. The molecule has 0 amide bonds. The number of aromatic nitrogens is 1. The molecule has 16 heavy (non-hydrogen) atoms. The lowest BCUT2D eigenvalue weighted by Gasteiger charge is -2.07. The van der Waals surface area contributed by atoms with Gasteiger partial charge in [0.1, 0.15) is 5.03 Å². The summed E-state index contributed by atoms with van der Waals surface area (Å²) in [5.41, 5.74) is 1.38. The van der Waals surface area contributed by atoms with Gasteiger partial charge in [0.25, 0.3) is 0 Å². The van der Waals surface area contributed by atoms with Gasteiger partial charge in [0.15, 0.2) is 0 Å². The fourth-order valence-electron chi connectivity index (χ4n) is 1.47. The van der Waals surface area contributed by atoms with Crippen molar-refractivity contribution in [2.24, 2.45) is 0 Å². The molecular weight excluding hydrogens is 214 g/mol. The first-order valence-corrected chi connectivity index (χ1v) is 6.26. The largest absolute Gasteiger partial charge is 0.250 e. The van der Waals surface area contributed by atoms with Crippen molar-refractivity contribution < 1.29 is 0 Å². The van der Waals surface area contributed by atoms with E-state index in [2.05, 4.69) is 43.1 Å². The second-order valence-corrected chi connectivity index (χ2v) is 5.09. The van der Waals surface area contributed by atoms with Gasteiger partial charge >= 0.3 is 0 Å². The first kappa shape index (κ1) is 11.2. The van der Waals surface area contributed by atoms with Gasteiger partial charge in [-0.25, -0.2) is 4.98 Å². The summed E-state index contributed by atoms with van der Waals surface area (Å²) in [5, 5.41) is 1.04. The van der Waals surface area contributed by atoms with Gasteiger partial charge in [-0.05, 0) is 35.7 Å². The summed E-state index contributed by atoms with van der Waals surface area (Å²) in [5.74, 6) is 0.573. The predicted molar refractivity (Wildman–Crippen MR) is 68.9 cm³/mol. The first-order valence-electron chi connectivity index (χ1n) is 5.44. The van der Waals surface area contributed by atoms with Crippen molar-refractivity contribution in [1.82, 2.24) is 4.98 Å². The molecule has 0 saturated carbocycles. The Morgan fingerprint density at radius 2 is 1.94 bits per heavy atom. The molecule has 1 heterocycles. The number of hydrogen-bond donors (Lipinski definition) is 0. The van der Waals surface area contributed by atoms with Crippen molar-refractivity contribution in [3.8, 4) is 0 Å². The van der Waals surface area contributed by atoms with Gasteiger partial charge in [-0.1, -0.05) is 43.8 Å². The Morgan fingerprint density at radius 3 is 2.62 bits per heavy atom. The molecule has 2 aromatic rings. The molecule has 2 rings (SSSR count). The lowest BCUT2D eigenvalue weighted by atomic mass is 10.0. The third-order valence-corrected chi connectivity index (χ3v) is 3.33. The van der Waals surface area contributed by atoms with Gasteiger partial charge in [0.05, 0.1) is 0 Å². The molecule has 1 aromatic heterocycles. The van der Waals surface area contributed by atoms with Crippen LogP contribution in [0.2, 0.25) is 0 Å². The van der Waals surface area contributed by atoms with E-state index in [1.807, 2.05) is 24.4 Å². The third kappa shape index (κ3) is 2.86. The maximum absolute atomic E-state index is 4.31. The van der Waals surface area contributed by atoms with Crippen molar-refractivity contribution in [2.45, 2.75) is 29.7 Å². The molecule has 2 heteroatoms. The number of pyridine rings is 1. The average molecular weight is 229 g/mol. The summed E-state index contributed by atoms with van der Waals surface area (Å²) in [6.45, 7) is 4.43. The molecule has 0 aliphatic rings.